The van der Waals surface area contributed by atoms with Crippen molar-refractivity contribution in [1.82, 2.24) is 10.3 Å². The number of nitrogens with one attached hydrogen (secondary N) is 2. The number of aryl methyl sites for hydroxylation is 2. The number of anilines is 1. The number of aliphatic carboxylic acids is 1. The summed E-state index contributed by atoms with van der Waals surface area (Å²) in [5, 5.41) is 15.6. The topological polar surface area (TPSA) is 110 Å². The molecule has 0 saturated heterocycles. The lowest BCUT2D eigenvalue weighted by molar-refractivity contribution is -0.140. The van der Waals surface area contributed by atoms with Crippen LogP contribution >= 0.6 is 0 Å². The average molecular weight is 536 g/mol. The van der Waals surface area contributed by atoms with Crippen LogP contribution in [0.15, 0.2) is 42.5 Å². The van der Waals surface area contributed by atoms with Crippen molar-refractivity contribution >= 4 is 17.9 Å². The van der Waals surface area contributed by atoms with E-state index in [0.717, 1.165) is 81.4 Å². The molecule has 3 N–H and O–H groups in total. The minimum atomic E-state index is -1.07. The van der Waals surface area contributed by atoms with Gasteiger partial charge in [0.2, 0.25) is 0 Å². The average Bonchev–Trinajstić information content (AvgIpc) is 2.93. The number of carbonyl (C=O) groups is 2. The Kier molecular flexibility index (Phi) is 9.35. The van der Waals surface area contributed by atoms with E-state index in [1.165, 1.54) is 12.0 Å². The number of fused-ring (bicyclic) bond motifs is 1. The molecule has 1 aliphatic heterocycles. The zero-order chi connectivity index (χ0) is 27.0. The van der Waals surface area contributed by atoms with Gasteiger partial charge in [0.25, 0.3) is 0 Å². The first-order valence-electron chi connectivity index (χ1n) is 14.6. The number of carbonyl (C=O) groups excluding carboxylic acids is 1. The molecule has 1 unspecified atom stereocenters. The van der Waals surface area contributed by atoms with Gasteiger partial charge in [-0.25, -0.2) is 14.6 Å². The molecule has 39 heavy (non-hydrogen) atoms. The molecule has 0 spiro atoms. The van der Waals surface area contributed by atoms with Gasteiger partial charge in [0, 0.05) is 31.2 Å². The third-order valence-corrected chi connectivity index (χ3v) is 8.49. The van der Waals surface area contributed by atoms with Crippen molar-refractivity contribution in [2.75, 3.05) is 18.5 Å². The molecule has 3 atom stereocenters. The molecule has 1 aromatic heterocycles. The molecule has 2 aromatic rings. The van der Waals surface area contributed by atoms with Crippen LogP contribution in [0.1, 0.15) is 80.5 Å². The van der Waals surface area contributed by atoms with Crippen LogP contribution in [0.25, 0.3) is 0 Å². The number of hydrogen-bond donors (Lipinski definition) is 3. The smallest absolute Gasteiger partial charge is 0.408 e. The number of ether oxygens (including phenoxy) is 2. The van der Waals surface area contributed by atoms with E-state index in [9.17, 15) is 14.7 Å². The van der Waals surface area contributed by atoms with Crippen molar-refractivity contribution in [3.63, 3.8) is 0 Å². The number of rotatable bonds is 11. The minimum absolute atomic E-state index is 0.142. The van der Waals surface area contributed by atoms with Crippen LogP contribution in [0.3, 0.4) is 0 Å². The monoisotopic (exact) mass is 535 g/mol. The second kappa shape index (κ2) is 13.3. The van der Waals surface area contributed by atoms with Crippen LogP contribution < -0.4 is 10.6 Å². The molecule has 2 fully saturated rings. The number of aromatic nitrogens is 1. The highest BCUT2D eigenvalue weighted by molar-refractivity contribution is 5.79. The standard InChI is InChI=1S/C31H41N3O5/c35-30(36)27(34-31(37)39-28-11-5-4-10-26(28)22-7-2-1-3-8-22)16-18-38-25-19-21(20-25)12-14-24-15-13-23-9-6-17-32-29(23)33-24/h1-3,7-8,13,15,21,25-28H,4-6,9-12,14,16-20H2,(H,32,33)(H,34,37)(H,35,36)/t21-,25-,26-,27?,28+/m1/s1. The van der Waals surface area contributed by atoms with Crippen LogP contribution in [0, 0.1) is 5.92 Å². The van der Waals surface area contributed by atoms with Crippen LogP contribution in [-0.4, -0.2) is 53.6 Å². The molecule has 1 aromatic carbocycles. The third-order valence-electron chi connectivity index (χ3n) is 8.49. The van der Waals surface area contributed by atoms with E-state index in [-0.39, 0.29) is 24.5 Å². The fourth-order valence-corrected chi connectivity index (χ4v) is 6.15. The van der Waals surface area contributed by atoms with Crippen molar-refractivity contribution in [2.24, 2.45) is 5.92 Å². The summed E-state index contributed by atoms with van der Waals surface area (Å²) in [6.07, 6.45) is 9.60. The Morgan fingerprint density at radius 3 is 2.72 bits per heavy atom. The second-order valence-corrected chi connectivity index (χ2v) is 11.3. The summed E-state index contributed by atoms with van der Waals surface area (Å²) in [6, 6.07) is 13.4. The number of amides is 1. The Labute approximate surface area is 230 Å². The molecule has 0 bridgehead atoms. The lowest BCUT2D eigenvalue weighted by Gasteiger charge is -2.35. The van der Waals surface area contributed by atoms with Gasteiger partial charge in [0.1, 0.15) is 18.0 Å². The Hall–Kier alpha value is -3.13. The van der Waals surface area contributed by atoms with Crippen molar-refractivity contribution in [2.45, 2.75) is 94.8 Å². The summed E-state index contributed by atoms with van der Waals surface area (Å²) in [5.41, 5.74) is 3.61. The molecule has 8 nitrogen and oxygen atoms in total. The molecule has 1 amide bonds. The lowest BCUT2D eigenvalue weighted by atomic mass is 9.79. The number of nitrogens with zero attached hydrogens (tertiary/aromatic N) is 1. The summed E-state index contributed by atoms with van der Waals surface area (Å²) in [7, 11) is 0. The van der Waals surface area contributed by atoms with Gasteiger partial charge in [0.15, 0.2) is 0 Å². The zero-order valence-corrected chi connectivity index (χ0v) is 22.6. The molecule has 8 heteroatoms. The maximum absolute atomic E-state index is 12.6. The molecule has 2 saturated carbocycles. The maximum Gasteiger partial charge on any atom is 0.408 e. The first kappa shape index (κ1) is 27.4. The molecule has 3 aliphatic rings. The minimum Gasteiger partial charge on any atom is -0.480 e. The normalized spacial score (nSPS) is 24.9. The quantitative estimate of drug-likeness (QED) is 0.350. The molecule has 210 valence electrons. The highest BCUT2D eigenvalue weighted by Gasteiger charge is 2.32. The van der Waals surface area contributed by atoms with Crippen molar-refractivity contribution in [3.05, 3.63) is 59.3 Å². The Morgan fingerprint density at radius 1 is 1.08 bits per heavy atom. The summed E-state index contributed by atoms with van der Waals surface area (Å²) >= 11 is 0. The summed E-state index contributed by atoms with van der Waals surface area (Å²) in [5.74, 6) is 0.729. The van der Waals surface area contributed by atoms with E-state index in [2.05, 4.69) is 34.9 Å². The van der Waals surface area contributed by atoms with Gasteiger partial charge < -0.3 is 25.2 Å². The second-order valence-electron chi connectivity index (χ2n) is 11.3. The van der Waals surface area contributed by atoms with Gasteiger partial charge in [-0.1, -0.05) is 42.8 Å². The van der Waals surface area contributed by atoms with Crippen molar-refractivity contribution < 1.29 is 24.2 Å². The summed E-state index contributed by atoms with van der Waals surface area (Å²) in [6.45, 7) is 1.29. The molecular weight excluding hydrogens is 494 g/mol. The first-order valence-corrected chi connectivity index (χ1v) is 14.6. The van der Waals surface area contributed by atoms with Gasteiger partial charge in [-0.15, -0.1) is 0 Å². The van der Waals surface area contributed by atoms with Gasteiger partial charge in [0.05, 0.1) is 6.10 Å². The largest absolute Gasteiger partial charge is 0.480 e. The van der Waals surface area contributed by atoms with Crippen molar-refractivity contribution in [3.8, 4) is 0 Å². The predicted octanol–water partition coefficient (Wildman–Crippen LogP) is 5.46. The van der Waals surface area contributed by atoms with Gasteiger partial charge in [-0.05, 0) is 80.9 Å². The summed E-state index contributed by atoms with van der Waals surface area (Å²) in [4.78, 5) is 29.2. The highest BCUT2D eigenvalue weighted by atomic mass is 16.6. The van der Waals surface area contributed by atoms with E-state index in [1.54, 1.807) is 0 Å². The number of hydrogen-bond acceptors (Lipinski definition) is 6. The zero-order valence-electron chi connectivity index (χ0n) is 22.6. The number of benzene rings is 1. The SMILES string of the molecule is O=C(NC(CCO[C@H]1C[C@H](CCc2ccc3c(n2)NCCC3)C1)C(=O)O)O[C@H]1CCCC[C@@H]1c1ccccc1. The van der Waals surface area contributed by atoms with Crippen LogP contribution in [0.5, 0.6) is 0 Å². The number of alkyl carbamates (subject to hydrolysis) is 1. The van der Waals surface area contributed by atoms with Gasteiger partial charge in [-0.3, -0.25) is 0 Å². The molecule has 2 aliphatic carbocycles. The third kappa shape index (κ3) is 7.50. The van der Waals surface area contributed by atoms with E-state index in [1.807, 2.05) is 18.2 Å². The van der Waals surface area contributed by atoms with Gasteiger partial charge in [-0.2, -0.15) is 0 Å². The molecular formula is C31H41N3O5. The number of pyridine rings is 1. The Bertz CT molecular complexity index is 1100. The first-order chi connectivity index (χ1) is 19.0. The van der Waals surface area contributed by atoms with E-state index < -0.39 is 18.1 Å². The van der Waals surface area contributed by atoms with Crippen molar-refractivity contribution in [1.29, 1.82) is 0 Å². The molecule has 0 radical (unpaired) electrons. The fraction of sp³-hybridized carbons (Fsp3) is 0.581. The highest BCUT2D eigenvalue weighted by Crippen LogP contribution is 2.35. The summed E-state index contributed by atoms with van der Waals surface area (Å²) < 4.78 is 11.7. The molecule has 5 rings (SSSR count). The van der Waals surface area contributed by atoms with E-state index >= 15 is 0 Å². The van der Waals surface area contributed by atoms with Crippen LogP contribution in [0.2, 0.25) is 0 Å². The van der Waals surface area contributed by atoms with Crippen LogP contribution in [-0.2, 0) is 27.1 Å². The fourth-order valence-electron chi connectivity index (χ4n) is 6.15. The predicted molar refractivity (Wildman–Crippen MR) is 149 cm³/mol. The molecule has 2 heterocycles. The number of carboxylic acids is 1. The Morgan fingerprint density at radius 2 is 1.90 bits per heavy atom. The number of carboxylic acid groups (broad SMARTS) is 1. The lowest BCUT2D eigenvalue weighted by Crippen LogP contribution is -2.44. The van der Waals surface area contributed by atoms with E-state index in [4.69, 9.17) is 14.5 Å². The van der Waals surface area contributed by atoms with Gasteiger partial charge >= 0.3 is 12.1 Å². The van der Waals surface area contributed by atoms with E-state index in [0.29, 0.717) is 12.5 Å². The van der Waals surface area contributed by atoms with Crippen LogP contribution in [0.4, 0.5) is 10.6 Å². The Balaban J connectivity index is 1.00. The maximum atomic E-state index is 12.6.